The lowest BCUT2D eigenvalue weighted by Crippen LogP contribution is -2.24. The molecule has 0 radical (unpaired) electrons. The Morgan fingerprint density at radius 2 is 1.14 bits per heavy atom. The Hall–Kier alpha value is -0.620. The summed E-state index contributed by atoms with van der Waals surface area (Å²) >= 11 is 17.2. The Bertz CT molecular complexity index is 487. The van der Waals surface area contributed by atoms with Gasteiger partial charge in [0.25, 0.3) is 0 Å². The summed E-state index contributed by atoms with van der Waals surface area (Å²) in [5, 5.41) is 0. The molecule has 0 unspecified atom stereocenters. The minimum atomic E-state index is 0.628. The summed E-state index contributed by atoms with van der Waals surface area (Å²) in [4.78, 5) is 2.09. The average Bonchev–Trinajstić information content (AvgIpc) is 2.56. The summed E-state index contributed by atoms with van der Waals surface area (Å²) in [6.07, 6.45) is 0. The molecule has 5 heteroatoms. The fourth-order valence-corrected chi connectivity index (χ4v) is 2.07. The van der Waals surface area contributed by atoms with Crippen molar-refractivity contribution in [3.63, 3.8) is 0 Å². The zero-order valence-electron chi connectivity index (χ0n) is 12.3. The van der Waals surface area contributed by atoms with Crippen LogP contribution in [0.2, 0.25) is 0 Å². The van der Waals surface area contributed by atoms with Crippen LogP contribution in [0.4, 0.5) is 0 Å². The molecular formula is C17H21NS4. The summed E-state index contributed by atoms with van der Waals surface area (Å²) in [5.41, 5.74) is 2.48. The topological polar surface area (TPSA) is 3.24 Å². The molecule has 0 aliphatic carbocycles. The lowest BCUT2D eigenvalue weighted by atomic mass is 10.2. The van der Waals surface area contributed by atoms with Crippen LogP contribution in [0.5, 0.6) is 0 Å². The summed E-state index contributed by atoms with van der Waals surface area (Å²) in [6, 6.07) is 20.6. The molecule has 0 N–H and O–H groups in total. The first-order valence-electron chi connectivity index (χ1n) is 6.94. The van der Waals surface area contributed by atoms with Crippen LogP contribution in [-0.2, 0) is 13.1 Å². The first kappa shape index (κ1) is 19.4. The number of hydrogen-bond donors (Lipinski definition) is 3. The third kappa shape index (κ3) is 8.13. The van der Waals surface area contributed by atoms with E-state index in [1.807, 2.05) is 36.4 Å². The second-order valence-corrected chi connectivity index (χ2v) is 6.56. The van der Waals surface area contributed by atoms with Gasteiger partial charge in [0.2, 0.25) is 0 Å². The fourth-order valence-electron chi connectivity index (χ4n) is 1.80. The van der Waals surface area contributed by atoms with Gasteiger partial charge in [0.05, 0.1) is 0 Å². The molecule has 0 aliphatic heterocycles. The monoisotopic (exact) mass is 367 g/mol. The molecule has 2 aromatic rings. The maximum absolute atomic E-state index is 5.21. The normalized spacial score (nSPS) is 9.59. The Kier molecular flexibility index (Phi) is 10.5. The van der Waals surface area contributed by atoms with Crippen LogP contribution in [0.1, 0.15) is 11.1 Å². The fraction of sp³-hybridized carbons (Fsp3) is 0.235. The highest BCUT2D eigenvalue weighted by atomic mass is 32.1. The van der Waals surface area contributed by atoms with Gasteiger partial charge in [0.15, 0.2) is 0 Å². The van der Waals surface area contributed by atoms with Gasteiger partial charge in [-0.05, 0) is 22.6 Å². The van der Waals surface area contributed by atoms with Gasteiger partial charge in [0, 0.05) is 13.1 Å². The van der Waals surface area contributed by atoms with Gasteiger partial charge in [-0.15, -0.1) is 12.6 Å². The van der Waals surface area contributed by atoms with Gasteiger partial charge in [-0.25, -0.2) is 0 Å². The van der Waals surface area contributed by atoms with E-state index >= 15 is 0 Å². The lowest BCUT2D eigenvalue weighted by molar-refractivity contribution is 0.422. The number of rotatable bonds is 5. The minimum absolute atomic E-state index is 0.628. The molecule has 0 heterocycles. The Labute approximate surface area is 155 Å². The average molecular weight is 368 g/mol. The van der Waals surface area contributed by atoms with Crippen LogP contribution in [0.25, 0.3) is 0 Å². The van der Waals surface area contributed by atoms with Crippen molar-refractivity contribution in [2.45, 2.75) is 13.1 Å². The molecule has 118 valence electrons. The van der Waals surface area contributed by atoms with Crippen molar-refractivity contribution < 1.29 is 0 Å². The number of thiol groups is 3. The van der Waals surface area contributed by atoms with Gasteiger partial charge < -0.3 is 4.90 Å². The van der Waals surface area contributed by atoms with Crippen molar-refractivity contribution in [1.29, 1.82) is 0 Å². The third-order valence-electron chi connectivity index (χ3n) is 2.80. The van der Waals surface area contributed by atoms with Crippen LogP contribution >= 0.6 is 50.1 Å². The summed E-state index contributed by atoms with van der Waals surface area (Å²) < 4.78 is 0.628. The van der Waals surface area contributed by atoms with E-state index in [4.69, 9.17) is 12.2 Å². The van der Waals surface area contributed by atoms with Crippen LogP contribution in [0.15, 0.2) is 60.7 Å². The van der Waals surface area contributed by atoms with Gasteiger partial charge in [0.1, 0.15) is 4.32 Å². The molecule has 22 heavy (non-hydrogen) atoms. The first-order chi connectivity index (χ1) is 10.7. The van der Waals surface area contributed by atoms with Gasteiger partial charge in [-0.2, -0.15) is 25.3 Å². The summed E-state index contributed by atoms with van der Waals surface area (Å²) in [7, 11) is 0. The predicted octanol–water partition coefficient (Wildman–Crippen LogP) is 4.75. The SMILES string of the molecule is S=C(S)N(Cc1ccccc1)Cc1ccccc1.SCCS. The smallest absolute Gasteiger partial charge is 0.133 e. The zero-order chi connectivity index (χ0) is 16.2. The highest BCUT2D eigenvalue weighted by Crippen LogP contribution is 2.12. The minimum Gasteiger partial charge on any atom is -0.349 e. The van der Waals surface area contributed by atoms with E-state index in [9.17, 15) is 0 Å². The maximum atomic E-state index is 5.21. The van der Waals surface area contributed by atoms with Crippen molar-refractivity contribution >= 4 is 54.4 Å². The molecule has 0 amide bonds. The van der Waals surface area contributed by atoms with Crippen molar-refractivity contribution in [3.8, 4) is 0 Å². The zero-order valence-corrected chi connectivity index (χ0v) is 15.8. The standard InChI is InChI=1S/C15H15NS2.C2H6S2/c17-15(18)16(11-13-7-3-1-4-8-13)12-14-9-5-2-6-10-14;3-1-2-4/h1-10H,11-12H2,(H,17,18);3-4H,1-2H2. The predicted molar refractivity (Wildman–Crippen MR) is 111 cm³/mol. The van der Waals surface area contributed by atoms with E-state index in [0.29, 0.717) is 4.32 Å². The highest BCUT2D eigenvalue weighted by Gasteiger charge is 2.07. The molecule has 0 fully saturated rings. The molecular weight excluding hydrogens is 346 g/mol. The Morgan fingerprint density at radius 3 is 1.41 bits per heavy atom. The van der Waals surface area contributed by atoms with E-state index in [-0.39, 0.29) is 0 Å². The third-order valence-corrected chi connectivity index (χ3v) is 4.14. The molecule has 0 aromatic heterocycles. The molecule has 0 bridgehead atoms. The highest BCUT2D eigenvalue weighted by molar-refractivity contribution is 8.10. The molecule has 0 atom stereocenters. The molecule has 0 spiro atoms. The second kappa shape index (κ2) is 11.9. The molecule has 0 saturated heterocycles. The van der Waals surface area contributed by atoms with E-state index in [1.165, 1.54) is 11.1 Å². The van der Waals surface area contributed by atoms with Gasteiger partial charge in [-0.1, -0.05) is 72.9 Å². The maximum Gasteiger partial charge on any atom is 0.133 e. The first-order valence-corrected chi connectivity index (χ1v) is 9.07. The van der Waals surface area contributed by atoms with E-state index in [1.54, 1.807) is 0 Å². The molecule has 1 nitrogen and oxygen atoms in total. The van der Waals surface area contributed by atoms with Crippen LogP contribution in [0, 0.1) is 0 Å². The van der Waals surface area contributed by atoms with Crippen LogP contribution < -0.4 is 0 Å². The number of benzene rings is 2. The van der Waals surface area contributed by atoms with E-state index < -0.39 is 0 Å². The molecule has 2 rings (SSSR count). The van der Waals surface area contributed by atoms with Crippen LogP contribution in [-0.4, -0.2) is 20.7 Å². The van der Waals surface area contributed by atoms with Gasteiger partial charge in [-0.3, -0.25) is 0 Å². The van der Waals surface area contributed by atoms with Crippen molar-refractivity contribution in [2.24, 2.45) is 0 Å². The van der Waals surface area contributed by atoms with Crippen molar-refractivity contribution in [3.05, 3.63) is 71.8 Å². The Morgan fingerprint density at radius 1 is 0.773 bits per heavy atom. The summed E-state index contributed by atoms with van der Waals surface area (Å²) in [6.45, 7) is 1.58. The van der Waals surface area contributed by atoms with E-state index in [2.05, 4.69) is 67.1 Å². The molecule has 0 saturated carbocycles. The number of thiocarbonyl (C=S) groups is 1. The van der Waals surface area contributed by atoms with Crippen molar-refractivity contribution in [1.82, 2.24) is 4.90 Å². The molecule has 0 aliphatic rings. The number of nitrogens with zero attached hydrogens (tertiary/aromatic N) is 1. The molecule has 2 aromatic carbocycles. The van der Waals surface area contributed by atoms with Crippen molar-refractivity contribution in [2.75, 3.05) is 11.5 Å². The van der Waals surface area contributed by atoms with Crippen LogP contribution in [0.3, 0.4) is 0 Å². The second-order valence-electron chi connectivity index (χ2n) is 4.56. The summed E-state index contributed by atoms with van der Waals surface area (Å²) in [5.74, 6) is 1.76. The lowest BCUT2D eigenvalue weighted by Gasteiger charge is -2.22. The largest absolute Gasteiger partial charge is 0.349 e. The van der Waals surface area contributed by atoms with Gasteiger partial charge >= 0.3 is 0 Å². The number of hydrogen-bond acceptors (Lipinski definition) is 3. The van der Waals surface area contributed by atoms with E-state index in [0.717, 1.165) is 24.6 Å². The quantitative estimate of drug-likeness (QED) is 0.517. The Balaban J connectivity index is 0.000000541.